The lowest BCUT2D eigenvalue weighted by Crippen LogP contribution is -2.52. The molecule has 272 valence electrons. The number of anilines is 2. The summed E-state index contributed by atoms with van der Waals surface area (Å²) >= 11 is 0. The number of hydrogen-bond donors (Lipinski definition) is 0. The second-order valence-corrected chi connectivity index (χ2v) is 14.3. The standard InChI is InChI=1S/C47H54N6/c1-45(2,3)31-11-15-35-36-16-12-32(46(4,5)6)28-40(36)47(39(35)27-31)41-29-33(52-25-9-23-50-21-7-19-48-43(50)52)13-17-37(41)38-18-14-34(30-42(38)47)53-26-10-24-51-22-8-20-49-44(51)53/h11-18,27-30H,7-10,19-26H2,1-6H3/i1D3,2D3,3D3,4D3,5D3,6D3,11D,12D,13D,14D,15D,16D,17D,18D,27D,28D,29D,30D. The molecule has 0 bridgehead atoms. The van der Waals surface area contributed by atoms with Gasteiger partial charge in [0.15, 0.2) is 0 Å². The largest absolute Gasteiger partial charge is 0.342 e. The van der Waals surface area contributed by atoms with Gasteiger partial charge in [-0.05, 0) is 116 Å². The maximum absolute atomic E-state index is 10.6. The zero-order valence-corrected chi connectivity index (χ0v) is 28.7. The van der Waals surface area contributed by atoms with E-state index in [4.69, 9.17) is 34.7 Å². The summed E-state index contributed by atoms with van der Waals surface area (Å²) in [5.74, 6) is 0.396. The molecule has 6 nitrogen and oxygen atoms in total. The lowest BCUT2D eigenvalue weighted by Gasteiger charge is -2.42. The molecule has 2 saturated heterocycles. The number of rotatable bonds is 2. The van der Waals surface area contributed by atoms with Gasteiger partial charge in [-0.2, -0.15) is 0 Å². The second kappa shape index (κ2) is 11.7. The van der Waals surface area contributed by atoms with E-state index in [2.05, 4.69) is 0 Å². The van der Waals surface area contributed by atoms with Crippen LogP contribution in [-0.4, -0.2) is 74.1 Å². The summed E-state index contributed by atoms with van der Waals surface area (Å²) in [6.07, 6.45) is 1.83. The fourth-order valence-electron chi connectivity index (χ4n) is 8.56. The number of benzene rings is 4. The quantitative estimate of drug-likeness (QED) is 0.178. The van der Waals surface area contributed by atoms with Crippen LogP contribution in [0.25, 0.3) is 22.3 Å². The number of nitrogens with zero attached hydrogens (tertiary/aromatic N) is 6. The van der Waals surface area contributed by atoms with Crippen molar-refractivity contribution in [3.63, 3.8) is 0 Å². The highest BCUT2D eigenvalue weighted by atomic mass is 15.4. The van der Waals surface area contributed by atoms with E-state index in [1.54, 1.807) is 0 Å². The average molecular weight is 733 g/mol. The molecule has 2 aliphatic carbocycles. The van der Waals surface area contributed by atoms with Crippen LogP contribution < -0.4 is 9.80 Å². The van der Waals surface area contributed by atoms with E-state index < -0.39 is 197 Å². The van der Waals surface area contributed by atoms with Crippen LogP contribution in [0, 0.1) is 0 Å². The Labute approximate surface area is 358 Å². The molecule has 0 unspecified atom stereocenters. The molecule has 4 aromatic rings. The highest BCUT2D eigenvalue weighted by Gasteiger charge is 2.53. The molecule has 0 N–H and O–H groups in total. The van der Waals surface area contributed by atoms with Gasteiger partial charge in [-0.1, -0.05) is 89.5 Å². The second-order valence-electron chi connectivity index (χ2n) is 14.3. The van der Waals surface area contributed by atoms with Crippen LogP contribution in [0.1, 0.15) is 141 Å². The van der Waals surface area contributed by atoms with Crippen molar-refractivity contribution in [2.75, 3.05) is 62.2 Å². The molecule has 0 radical (unpaired) electrons. The molecule has 4 heterocycles. The monoisotopic (exact) mass is 733 g/mol. The van der Waals surface area contributed by atoms with Crippen molar-refractivity contribution in [1.82, 2.24) is 9.80 Å². The van der Waals surface area contributed by atoms with E-state index in [1.165, 1.54) is 9.80 Å². The summed E-state index contributed by atoms with van der Waals surface area (Å²) in [4.78, 5) is 15.9. The molecule has 6 aliphatic rings. The summed E-state index contributed by atoms with van der Waals surface area (Å²) in [6.45, 7) is -23.6. The van der Waals surface area contributed by atoms with Gasteiger partial charge in [0.25, 0.3) is 0 Å². The Morgan fingerprint density at radius 1 is 0.509 bits per heavy atom. The van der Waals surface area contributed by atoms with E-state index >= 15 is 0 Å². The molecule has 6 heteroatoms. The first-order valence-corrected chi connectivity index (χ1v) is 17.8. The van der Waals surface area contributed by atoms with Crippen LogP contribution in [0.15, 0.2) is 82.5 Å². The molecule has 4 aromatic carbocycles. The molecular formula is C47H54N6. The first kappa shape index (κ1) is 14.2. The summed E-state index contributed by atoms with van der Waals surface area (Å²) in [5.41, 5.74) is -23.7. The van der Waals surface area contributed by atoms with Crippen molar-refractivity contribution >= 4 is 23.3 Å². The minimum absolute atomic E-state index is 0.0171. The van der Waals surface area contributed by atoms with Crippen molar-refractivity contribution in [3.05, 3.63) is 106 Å². The molecule has 4 aliphatic heterocycles. The molecule has 1 spiro atoms. The normalized spacial score (nSPS) is 29.6. The summed E-state index contributed by atoms with van der Waals surface area (Å²) < 4.78 is 280. The summed E-state index contributed by atoms with van der Waals surface area (Å²) in [6, 6.07) is -14.3. The average Bonchev–Trinajstić information content (AvgIpc) is 1.56. The summed E-state index contributed by atoms with van der Waals surface area (Å²) in [7, 11) is 0. The van der Waals surface area contributed by atoms with Crippen LogP contribution >= 0.6 is 0 Å². The van der Waals surface area contributed by atoms with Gasteiger partial charge in [0, 0.05) is 88.4 Å². The third-order valence-corrected chi connectivity index (χ3v) is 10.9. The van der Waals surface area contributed by atoms with Crippen LogP contribution in [0.5, 0.6) is 0 Å². The highest BCUT2D eigenvalue weighted by molar-refractivity contribution is 6.02. The van der Waals surface area contributed by atoms with E-state index in [0.29, 0.717) is 51.9 Å². The molecule has 10 rings (SSSR count). The Kier molecular flexibility index (Phi) is 3.15. The lowest BCUT2D eigenvalue weighted by molar-refractivity contribution is 0.360. The van der Waals surface area contributed by atoms with Gasteiger partial charge in [0.2, 0.25) is 11.9 Å². The Balaban J connectivity index is 1.58. The van der Waals surface area contributed by atoms with Crippen LogP contribution in [0.2, 0.25) is 0 Å². The van der Waals surface area contributed by atoms with Crippen LogP contribution in [0.3, 0.4) is 0 Å². The van der Waals surface area contributed by atoms with Gasteiger partial charge in [0.05, 0.1) is 21.9 Å². The van der Waals surface area contributed by atoms with Gasteiger partial charge in [-0.3, -0.25) is 9.98 Å². The van der Waals surface area contributed by atoms with E-state index in [0.717, 1.165) is 0 Å². The van der Waals surface area contributed by atoms with Crippen LogP contribution in [0.4, 0.5) is 11.4 Å². The Morgan fingerprint density at radius 3 is 1.34 bits per heavy atom. The predicted octanol–water partition coefficient (Wildman–Crippen LogP) is 9.17. The number of aliphatic imine (C=N–C) groups is 2. The Bertz CT molecular complexity index is 3230. The van der Waals surface area contributed by atoms with Gasteiger partial charge in [-0.25, -0.2) is 0 Å². The zero-order valence-electron chi connectivity index (χ0n) is 58.7. The third kappa shape index (κ3) is 4.89. The maximum atomic E-state index is 10.6. The van der Waals surface area contributed by atoms with Gasteiger partial charge in [0.1, 0.15) is 0 Å². The smallest absolute Gasteiger partial charge is 0.201 e. The van der Waals surface area contributed by atoms with E-state index in [1.807, 2.05) is 9.80 Å². The fourth-order valence-corrected chi connectivity index (χ4v) is 8.56. The van der Waals surface area contributed by atoms with Crippen molar-refractivity contribution in [1.29, 1.82) is 0 Å². The fraction of sp³-hybridized carbons (Fsp3) is 0.447. The molecule has 2 fully saturated rings. The van der Waals surface area contributed by atoms with Crippen molar-refractivity contribution in [2.45, 2.75) is 83.0 Å². The van der Waals surface area contributed by atoms with E-state index in [-0.39, 0.29) is 38.1 Å². The first-order chi connectivity index (χ1) is 38.1. The minimum atomic E-state index is -4.35. The topological polar surface area (TPSA) is 37.7 Å². The van der Waals surface area contributed by atoms with Gasteiger partial charge < -0.3 is 19.6 Å². The SMILES string of the molecule is [2H]c1c([2H])c(N2CCCN3CCCN=C32)c([2H])c2c1-c1c([2H])c([2H])c(N3CCCN4CCCN=C43)c([2H])c1C21c2c([2H])c(C(C([2H])([2H])[2H])(C([2H])([2H])[2H])C([2H])([2H])[2H])c([2H])c([2H])c2-c2c([2H])c([2H])c(C(C([2H])([2H])[2H])(C([2H])([2H])[2H])C([2H])([2H])[2H])c([2H])c21. The molecule has 53 heavy (non-hydrogen) atoms. The third-order valence-electron chi connectivity index (χ3n) is 10.9. The Hall–Kier alpha value is -4.58. The summed E-state index contributed by atoms with van der Waals surface area (Å²) in [5, 5.41) is 0. The number of hydrogen-bond acceptors (Lipinski definition) is 6. The molecule has 0 amide bonds. The van der Waals surface area contributed by atoms with Crippen molar-refractivity contribution in [2.24, 2.45) is 9.98 Å². The maximum Gasteiger partial charge on any atom is 0.201 e. The highest BCUT2D eigenvalue weighted by Crippen LogP contribution is 2.64. The van der Waals surface area contributed by atoms with Crippen LogP contribution in [-0.2, 0) is 16.2 Å². The molecule has 0 saturated carbocycles. The van der Waals surface area contributed by atoms with Crippen molar-refractivity contribution < 1.29 is 41.1 Å². The van der Waals surface area contributed by atoms with Gasteiger partial charge in [-0.15, -0.1) is 0 Å². The van der Waals surface area contributed by atoms with E-state index in [9.17, 15) is 16.4 Å². The molecule has 0 aromatic heterocycles. The Morgan fingerprint density at radius 2 is 0.906 bits per heavy atom. The zero-order chi connectivity index (χ0) is 61.7. The number of fused-ring (bicyclic) bond motifs is 12. The van der Waals surface area contributed by atoms with Gasteiger partial charge >= 0.3 is 0 Å². The first-order valence-electron chi connectivity index (χ1n) is 32.8. The number of guanidine groups is 2. The van der Waals surface area contributed by atoms with Crippen molar-refractivity contribution in [3.8, 4) is 22.3 Å². The lowest BCUT2D eigenvalue weighted by atomic mass is 9.68. The molecule has 0 atom stereocenters. The molecular weight excluding hydrogens is 649 g/mol. The predicted molar refractivity (Wildman–Crippen MR) is 221 cm³/mol. The minimum Gasteiger partial charge on any atom is -0.342 e.